The van der Waals surface area contributed by atoms with Crippen LogP contribution in [-0.4, -0.2) is 42.8 Å². The number of nitrogens with zero attached hydrogens (tertiary/aromatic N) is 1. The second-order valence-electron chi connectivity index (χ2n) is 5.70. The van der Waals surface area contributed by atoms with Gasteiger partial charge in [0.2, 0.25) is 5.91 Å². The van der Waals surface area contributed by atoms with Crippen molar-refractivity contribution in [3.63, 3.8) is 0 Å². The number of likely N-dealkylation sites (tertiary alicyclic amines) is 1. The highest BCUT2D eigenvalue weighted by molar-refractivity contribution is 7.14. The molecule has 2 rings (SSSR count). The summed E-state index contributed by atoms with van der Waals surface area (Å²) in [6.45, 7) is 6.85. The van der Waals surface area contributed by atoms with E-state index in [1.165, 1.54) is 4.88 Å². The second kappa shape index (κ2) is 7.71. The third-order valence-electron chi connectivity index (χ3n) is 4.00. The lowest BCUT2D eigenvalue weighted by atomic mass is 9.96. The van der Waals surface area contributed by atoms with Gasteiger partial charge in [-0.2, -0.15) is 0 Å². The first-order chi connectivity index (χ1) is 10.1. The van der Waals surface area contributed by atoms with Gasteiger partial charge in [-0.3, -0.25) is 14.5 Å². The summed E-state index contributed by atoms with van der Waals surface area (Å²) >= 11 is 1.62. The number of carbonyl (C=O) groups is 2. The lowest BCUT2D eigenvalue weighted by molar-refractivity contribution is -0.119. The van der Waals surface area contributed by atoms with Gasteiger partial charge in [0.25, 0.3) is 0 Å². The molecule has 1 aliphatic rings. The molecule has 1 fully saturated rings. The first kappa shape index (κ1) is 16.2. The van der Waals surface area contributed by atoms with Gasteiger partial charge in [-0.15, -0.1) is 11.3 Å². The van der Waals surface area contributed by atoms with E-state index in [0.29, 0.717) is 12.5 Å². The Balaban J connectivity index is 1.75. The fraction of sp³-hybridized carbons (Fsp3) is 0.625. The molecule has 21 heavy (non-hydrogen) atoms. The molecule has 1 N–H and O–H groups in total. The standard InChI is InChI=1S/C16H24N2O2S/c1-3-14-4-5-16(21-14)15(20)11-18-8-6-13(7-9-18)10-17-12(2)19/h4-5,13H,3,6-11H2,1-2H3,(H,17,19). The first-order valence-corrected chi connectivity index (χ1v) is 8.48. The number of piperidine rings is 1. The number of aryl methyl sites for hydroxylation is 1. The minimum absolute atomic E-state index is 0.0389. The molecule has 1 saturated heterocycles. The van der Waals surface area contributed by atoms with Crippen LogP contribution < -0.4 is 5.32 Å². The molecule has 0 atom stereocenters. The number of carbonyl (C=O) groups excluding carboxylic acids is 2. The van der Waals surface area contributed by atoms with E-state index >= 15 is 0 Å². The number of amides is 1. The molecule has 2 heterocycles. The highest BCUT2D eigenvalue weighted by Gasteiger charge is 2.21. The van der Waals surface area contributed by atoms with Gasteiger partial charge in [-0.1, -0.05) is 6.92 Å². The molecular formula is C16H24N2O2S. The van der Waals surface area contributed by atoms with Crippen molar-refractivity contribution in [3.05, 3.63) is 21.9 Å². The Labute approximate surface area is 130 Å². The SMILES string of the molecule is CCc1ccc(C(=O)CN2CCC(CNC(C)=O)CC2)s1. The number of Topliss-reactive ketones (excluding diaryl/α,β-unsaturated/α-hetero) is 1. The van der Waals surface area contributed by atoms with Gasteiger partial charge in [0.1, 0.15) is 0 Å². The van der Waals surface area contributed by atoms with Crippen molar-refractivity contribution < 1.29 is 9.59 Å². The van der Waals surface area contributed by atoms with Gasteiger partial charge in [0.05, 0.1) is 11.4 Å². The minimum atomic E-state index is 0.0389. The molecule has 0 aromatic carbocycles. The quantitative estimate of drug-likeness (QED) is 0.821. The van der Waals surface area contributed by atoms with Crippen molar-refractivity contribution in [2.45, 2.75) is 33.1 Å². The molecule has 0 aliphatic carbocycles. The van der Waals surface area contributed by atoms with Gasteiger partial charge >= 0.3 is 0 Å². The van der Waals surface area contributed by atoms with E-state index in [1.54, 1.807) is 18.3 Å². The van der Waals surface area contributed by atoms with Gasteiger partial charge in [-0.05, 0) is 50.4 Å². The highest BCUT2D eigenvalue weighted by atomic mass is 32.1. The molecule has 0 unspecified atom stereocenters. The maximum Gasteiger partial charge on any atom is 0.216 e. The average Bonchev–Trinajstić information content (AvgIpc) is 2.95. The molecule has 116 valence electrons. The van der Waals surface area contributed by atoms with Crippen LogP contribution in [0.2, 0.25) is 0 Å². The molecule has 0 spiro atoms. The Morgan fingerprint density at radius 1 is 1.33 bits per heavy atom. The fourth-order valence-electron chi connectivity index (χ4n) is 2.64. The smallest absolute Gasteiger partial charge is 0.216 e. The van der Waals surface area contributed by atoms with Gasteiger partial charge < -0.3 is 5.32 Å². The molecule has 1 amide bonds. The number of rotatable bonds is 6. The van der Waals surface area contributed by atoms with Crippen molar-refractivity contribution in [1.29, 1.82) is 0 Å². The Morgan fingerprint density at radius 3 is 2.62 bits per heavy atom. The van der Waals surface area contributed by atoms with E-state index in [1.807, 2.05) is 6.07 Å². The summed E-state index contributed by atoms with van der Waals surface area (Å²) in [4.78, 5) is 27.6. The molecule has 0 radical (unpaired) electrons. The van der Waals surface area contributed by atoms with E-state index in [9.17, 15) is 9.59 Å². The lowest BCUT2D eigenvalue weighted by Crippen LogP contribution is -2.40. The molecule has 4 nitrogen and oxygen atoms in total. The van der Waals surface area contributed by atoms with Crippen molar-refractivity contribution in [2.75, 3.05) is 26.2 Å². The summed E-state index contributed by atoms with van der Waals surface area (Å²) in [5.41, 5.74) is 0. The summed E-state index contributed by atoms with van der Waals surface area (Å²) in [5.74, 6) is 0.825. The van der Waals surface area contributed by atoms with Gasteiger partial charge in [0, 0.05) is 18.3 Å². The first-order valence-electron chi connectivity index (χ1n) is 7.67. The Hall–Kier alpha value is -1.20. The number of ketones is 1. The van der Waals surface area contributed by atoms with Crippen LogP contribution in [-0.2, 0) is 11.2 Å². The van der Waals surface area contributed by atoms with Crippen LogP contribution in [0.3, 0.4) is 0 Å². The monoisotopic (exact) mass is 308 g/mol. The van der Waals surface area contributed by atoms with Crippen molar-refractivity contribution in [1.82, 2.24) is 10.2 Å². The topological polar surface area (TPSA) is 49.4 Å². The van der Waals surface area contributed by atoms with Crippen LogP contribution in [0.5, 0.6) is 0 Å². The molecule has 5 heteroatoms. The van der Waals surface area contributed by atoms with E-state index in [4.69, 9.17) is 0 Å². The number of hydrogen-bond donors (Lipinski definition) is 1. The maximum atomic E-state index is 12.3. The third kappa shape index (κ3) is 4.93. The molecular weight excluding hydrogens is 284 g/mol. The maximum absolute atomic E-state index is 12.3. The van der Waals surface area contributed by atoms with Crippen molar-refractivity contribution >= 4 is 23.0 Å². The van der Waals surface area contributed by atoms with Gasteiger partial charge in [0.15, 0.2) is 5.78 Å². The number of hydrogen-bond acceptors (Lipinski definition) is 4. The predicted octanol–water partition coefficient (Wildman–Crippen LogP) is 2.34. The van der Waals surface area contributed by atoms with Crippen LogP contribution in [0.1, 0.15) is 41.2 Å². The van der Waals surface area contributed by atoms with E-state index in [0.717, 1.165) is 43.8 Å². The normalized spacial score (nSPS) is 16.9. The van der Waals surface area contributed by atoms with Crippen molar-refractivity contribution in [2.24, 2.45) is 5.92 Å². The molecule has 0 saturated carbocycles. The Kier molecular flexibility index (Phi) is 5.94. The predicted molar refractivity (Wildman–Crippen MR) is 85.9 cm³/mol. The van der Waals surface area contributed by atoms with Crippen LogP contribution >= 0.6 is 11.3 Å². The Morgan fingerprint density at radius 2 is 2.05 bits per heavy atom. The summed E-state index contributed by atoms with van der Waals surface area (Å²) in [5, 5.41) is 2.88. The summed E-state index contributed by atoms with van der Waals surface area (Å²) in [6, 6.07) is 4.01. The number of nitrogens with one attached hydrogen (secondary N) is 1. The van der Waals surface area contributed by atoms with Gasteiger partial charge in [-0.25, -0.2) is 0 Å². The molecule has 1 aliphatic heterocycles. The molecule has 1 aromatic heterocycles. The zero-order valence-corrected chi connectivity index (χ0v) is 13.7. The second-order valence-corrected chi connectivity index (χ2v) is 6.87. The average molecular weight is 308 g/mol. The van der Waals surface area contributed by atoms with Crippen LogP contribution in [0.25, 0.3) is 0 Å². The molecule has 1 aromatic rings. The van der Waals surface area contributed by atoms with E-state index < -0.39 is 0 Å². The minimum Gasteiger partial charge on any atom is -0.356 e. The van der Waals surface area contributed by atoms with Crippen LogP contribution in [0.4, 0.5) is 0 Å². The summed E-state index contributed by atoms with van der Waals surface area (Å²) < 4.78 is 0. The zero-order chi connectivity index (χ0) is 15.2. The van der Waals surface area contributed by atoms with Crippen LogP contribution in [0, 0.1) is 5.92 Å². The summed E-state index contributed by atoms with van der Waals surface area (Å²) in [6.07, 6.45) is 3.10. The van der Waals surface area contributed by atoms with E-state index in [-0.39, 0.29) is 11.7 Å². The van der Waals surface area contributed by atoms with Crippen LogP contribution in [0.15, 0.2) is 12.1 Å². The van der Waals surface area contributed by atoms with Crippen molar-refractivity contribution in [3.8, 4) is 0 Å². The zero-order valence-electron chi connectivity index (χ0n) is 12.9. The largest absolute Gasteiger partial charge is 0.356 e. The third-order valence-corrected chi connectivity index (χ3v) is 5.27. The summed E-state index contributed by atoms with van der Waals surface area (Å²) in [7, 11) is 0. The Bertz CT molecular complexity index is 490. The number of thiophene rings is 1. The fourth-order valence-corrected chi connectivity index (χ4v) is 3.51. The van der Waals surface area contributed by atoms with E-state index in [2.05, 4.69) is 23.2 Å². The highest BCUT2D eigenvalue weighted by Crippen LogP contribution is 2.20. The molecule has 0 bridgehead atoms. The lowest BCUT2D eigenvalue weighted by Gasteiger charge is -2.31.